The van der Waals surface area contributed by atoms with Crippen molar-refractivity contribution < 1.29 is 52.5 Å². The summed E-state index contributed by atoms with van der Waals surface area (Å²) in [6.07, 6.45) is 2.16. The second-order valence-electron chi connectivity index (χ2n) is 6.79. The Hall–Kier alpha value is 0.790. The number of unbranched alkanes of at least 4 members (excludes halogenated alkanes) is 1. The van der Waals surface area contributed by atoms with Crippen molar-refractivity contribution in [3.8, 4) is 0 Å². The molecule has 1 saturated heterocycles. The fourth-order valence-electron chi connectivity index (χ4n) is 2.92. The van der Waals surface area contributed by atoms with Crippen molar-refractivity contribution in [3.63, 3.8) is 0 Å². The van der Waals surface area contributed by atoms with Crippen LogP contribution in [-0.4, -0.2) is 47.6 Å². The Morgan fingerprint density at radius 1 is 1.14 bits per heavy atom. The van der Waals surface area contributed by atoms with Crippen LogP contribution in [0, 0.1) is 0 Å². The Bertz CT molecular complexity index is 406. The molecular weight excluding hydrogens is 305 g/mol. The van der Waals surface area contributed by atoms with Crippen LogP contribution in [0.15, 0.2) is 0 Å². The molecule has 1 radical (unpaired) electrons. The number of hydroxylamine groups is 2. The Morgan fingerprint density at radius 2 is 1.62 bits per heavy atom. The van der Waals surface area contributed by atoms with Gasteiger partial charge in [0.15, 0.2) is 0 Å². The Balaban J connectivity index is 0.00000400. The molecule has 8 heteroatoms. The molecule has 119 valence electrons. The van der Waals surface area contributed by atoms with Gasteiger partial charge in [0.1, 0.15) is 0 Å². The normalized spacial score (nSPS) is 22.8. The number of rotatable bonds is 6. The summed E-state index contributed by atoms with van der Waals surface area (Å²) in [6.45, 7) is 8.04. The van der Waals surface area contributed by atoms with Crippen LogP contribution in [-0.2, 0) is 20.1 Å². The Labute approximate surface area is 150 Å². The average molecular weight is 330 g/mol. The van der Waals surface area contributed by atoms with Gasteiger partial charge in [-0.15, -0.1) is 10.3 Å². The van der Waals surface area contributed by atoms with Crippen LogP contribution in [0.1, 0.15) is 53.4 Å². The summed E-state index contributed by atoms with van der Waals surface area (Å²) in [5.41, 5.74) is -0.935. The molecule has 0 spiro atoms. The molecule has 0 aromatic carbocycles. The molecular formula is C13H25NNaO5S. The van der Waals surface area contributed by atoms with E-state index in [0.717, 1.165) is 5.06 Å². The van der Waals surface area contributed by atoms with Crippen LogP contribution in [0.2, 0.25) is 0 Å². The SMILES string of the molecule is CC1(C)CC(OCCCCS(=O)(=O)[O-])CC(C)(C)N1[O].[Na+]. The number of ether oxygens (including phenoxy) is 1. The van der Waals surface area contributed by atoms with E-state index in [9.17, 15) is 18.2 Å². The molecule has 0 aromatic heterocycles. The van der Waals surface area contributed by atoms with Gasteiger partial charge in [-0.2, -0.15) is 0 Å². The third-order valence-corrected chi connectivity index (χ3v) is 4.48. The van der Waals surface area contributed by atoms with Gasteiger partial charge in [-0.05, 0) is 53.4 Å². The first-order valence-electron chi connectivity index (χ1n) is 6.97. The minimum absolute atomic E-state index is 0. The van der Waals surface area contributed by atoms with E-state index >= 15 is 0 Å². The van der Waals surface area contributed by atoms with Crippen LogP contribution < -0.4 is 29.6 Å². The molecule has 0 aliphatic carbocycles. The molecule has 0 unspecified atom stereocenters. The minimum Gasteiger partial charge on any atom is -0.748 e. The van der Waals surface area contributed by atoms with E-state index in [1.54, 1.807) is 0 Å². The van der Waals surface area contributed by atoms with E-state index in [2.05, 4.69) is 0 Å². The zero-order valence-corrected chi connectivity index (χ0v) is 16.5. The molecule has 1 rings (SSSR count). The summed E-state index contributed by atoms with van der Waals surface area (Å²) in [6, 6.07) is 0. The standard InChI is InChI=1S/C13H26NO5S.Na/c1-12(2)9-11(10-13(3,4)14(12)15)19-7-5-6-8-20(16,17)18;/h11H,5-10H2,1-4H3,(H,16,17,18);/q;+1/p-1. The molecule has 0 N–H and O–H groups in total. The van der Waals surface area contributed by atoms with Gasteiger partial charge >= 0.3 is 29.6 Å². The molecule has 0 aromatic rings. The van der Waals surface area contributed by atoms with Crippen LogP contribution in [0.25, 0.3) is 0 Å². The van der Waals surface area contributed by atoms with Crippen LogP contribution >= 0.6 is 0 Å². The zero-order valence-electron chi connectivity index (χ0n) is 13.7. The van der Waals surface area contributed by atoms with E-state index in [4.69, 9.17) is 4.74 Å². The van der Waals surface area contributed by atoms with E-state index in [1.165, 1.54) is 0 Å². The summed E-state index contributed by atoms with van der Waals surface area (Å²) in [5.74, 6) is -0.341. The first-order valence-corrected chi connectivity index (χ1v) is 8.54. The largest absolute Gasteiger partial charge is 1.00 e. The molecule has 0 atom stereocenters. The van der Waals surface area contributed by atoms with Gasteiger partial charge in [0.25, 0.3) is 0 Å². The molecule has 0 bridgehead atoms. The molecule has 1 aliphatic heterocycles. The maximum Gasteiger partial charge on any atom is 1.00 e. The van der Waals surface area contributed by atoms with E-state index in [-0.39, 0.29) is 41.4 Å². The van der Waals surface area contributed by atoms with Crippen molar-refractivity contribution in [3.05, 3.63) is 0 Å². The molecule has 0 saturated carbocycles. The molecule has 6 nitrogen and oxygen atoms in total. The Morgan fingerprint density at radius 3 is 2.05 bits per heavy atom. The van der Waals surface area contributed by atoms with Crippen LogP contribution in [0.5, 0.6) is 0 Å². The average Bonchev–Trinajstić information content (AvgIpc) is 2.23. The third-order valence-electron chi connectivity index (χ3n) is 3.70. The fourth-order valence-corrected chi connectivity index (χ4v) is 3.48. The second-order valence-corrected chi connectivity index (χ2v) is 8.31. The van der Waals surface area contributed by atoms with Crippen molar-refractivity contribution >= 4 is 10.1 Å². The molecule has 0 amide bonds. The predicted octanol–water partition coefficient (Wildman–Crippen LogP) is -1.30. The van der Waals surface area contributed by atoms with Gasteiger partial charge < -0.3 is 9.29 Å². The molecule has 1 fully saturated rings. The van der Waals surface area contributed by atoms with E-state index in [1.807, 2.05) is 27.7 Å². The number of hydrogen-bond donors (Lipinski definition) is 0. The summed E-state index contributed by atoms with van der Waals surface area (Å²) in [5, 5.41) is 13.3. The van der Waals surface area contributed by atoms with Gasteiger partial charge in [0.2, 0.25) is 0 Å². The maximum atomic E-state index is 12.2. The minimum atomic E-state index is -4.13. The number of nitrogens with zero attached hydrogens (tertiary/aromatic N) is 1. The second kappa shape index (κ2) is 8.06. The summed E-state index contributed by atoms with van der Waals surface area (Å²) < 4.78 is 37.2. The van der Waals surface area contributed by atoms with Crippen molar-refractivity contribution in [2.24, 2.45) is 0 Å². The first-order chi connectivity index (χ1) is 8.94. The van der Waals surface area contributed by atoms with E-state index < -0.39 is 21.2 Å². The molecule has 1 heterocycles. The van der Waals surface area contributed by atoms with Gasteiger partial charge in [-0.1, -0.05) is 0 Å². The van der Waals surface area contributed by atoms with Crippen LogP contribution in [0.3, 0.4) is 0 Å². The van der Waals surface area contributed by atoms with Gasteiger partial charge in [-0.3, -0.25) is 0 Å². The van der Waals surface area contributed by atoms with E-state index in [0.29, 0.717) is 32.3 Å². The number of piperidine rings is 1. The first kappa shape index (κ1) is 21.8. The third kappa shape index (κ3) is 7.26. The van der Waals surface area contributed by atoms with Crippen molar-refractivity contribution in [1.29, 1.82) is 0 Å². The zero-order chi connectivity index (χ0) is 15.6. The number of hydrogen-bond acceptors (Lipinski definition) is 5. The quantitative estimate of drug-likeness (QED) is 0.343. The van der Waals surface area contributed by atoms with Crippen molar-refractivity contribution in [2.45, 2.75) is 70.6 Å². The molecule has 1 aliphatic rings. The van der Waals surface area contributed by atoms with Crippen molar-refractivity contribution in [1.82, 2.24) is 5.06 Å². The van der Waals surface area contributed by atoms with Gasteiger partial charge in [0.05, 0.1) is 16.2 Å². The topological polar surface area (TPSA) is 89.6 Å². The smallest absolute Gasteiger partial charge is 0.748 e. The molecule has 21 heavy (non-hydrogen) atoms. The summed E-state index contributed by atoms with van der Waals surface area (Å²) in [4.78, 5) is 0. The monoisotopic (exact) mass is 330 g/mol. The van der Waals surface area contributed by atoms with Gasteiger partial charge in [-0.25, -0.2) is 8.42 Å². The van der Waals surface area contributed by atoms with Crippen molar-refractivity contribution in [2.75, 3.05) is 12.4 Å². The maximum absolute atomic E-state index is 12.2. The Kier molecular flexibility index (Phi) is 8.36. The predicted molar refractivity (Wildman–Crippen MR) is 73.5 cm³/mol. The summed E-state index contributed by atoms with van der Waals surface area (Å²) in [7, 11) is -4.13. The fraction of sp³-hybridized carbons (Fsp3) is 1.00. The van der Waals surface area contributed by atoms with Gasteiger partial charge in [0, 0.05) is 23.4 Å². The summed E-state index contributed by atoms with van der Waals surface area (Å²) >= 11 is 0. The van der Waals surface area contributed by atoms with Crippen LogP contribution in [0.4, 0.5) is 0 Å².